The molecule has 0 unspecified atom stereocenters. The van der Waals surface area contributed by atoms with Crippen molar-refractivity contribution in [1.29, 1.82) is 0 Å². The van der Waals surface area contributed by atoms with Crippen LogP contribution in [0.2, 0.25) is 0 Å². The summed E-state index contributed by atoms with van der Waals surface area (Å²) >= 11 is 0. The van der Waals surface area contributed by atoms with Gasteiger partial charge in [-0.3, -0.25) is 0 Å². The SMILES string of the molecule is OC1CCN(c2ccc(CNCc3ccco3)cc2F)CC1. The Morgan fingerprint density at radius 3 is 2.73 bits per heavy atom. The molecule has 5 heteroatoms. The molecule has 0 aliphatic carbocycles. The van der Waals surface area contributed by atoms with Crippen molar-refractivity contribution in [3.8, 4) is 0 Å². The highest BCUT2D eigenvalue weighted by atomic mass is 19.1. The number of aliphatic hydroxyl groups excluding tert-OH is 1. The van der Waals surface area contributed by atoms with Gasteiger partial charge in [-0.25, -0.2) is 4.39 Å². The molecular weight excluding hydrogens is 283 g/mol. The van der Waals surface area contributed by atoms with Gasteiger partial charge in [-0.15, -0.1) is 0 Å². The van der Waals surface area contributed by atoms with Gasteiger partial charge in [0.25, 0.3) is 0 Å². The smallest absolute Gasteiger partial charge is 0.146 e. The van der Waals surface area contributed by atoms with Crippen molar-refractivity contribution < 1.29 is 13.9 Å². The van der Waals surface area contributed by atoms with Crippen LogP contribution >= 0.6 is 0 Å². The summed E-state index contributed by atoms with van der Waals surface area (Å²) in [4.78, 5) is 2.00. The molecule has 0 atom stereocenters. The summed E-state index contributed by atoms with van der Waals surface area (Å²) in [6, 6.07) is 9.10. The lowest BCUT2D eigenvalue weighted by Crippen LogP contribution is -2.36. The van der Waals surface area contributed by atoms with Crippen LogP contribution in [0, 0.1) is 5.82 Å². The summed E-state index contributed by atoms with van der Waals surface area (Å²) in [6.07, 6.45) is 2.79. The van der Waals surface area contributed by atoms with Crippen LogP contribution in [-0.2, 0) is 13.1 Å². The van der Waals surface area contributed by atoms with Gasteiger partial charge >= 0.3 is 0 Å². The summed E-state index contributed by atoms with van der Waals surface area (Å²) in [6.45, 7) is 2.62. The van der Waals surface area contributed by atoms with Gasteiger partial charge < -0.3 is 19.7 Å². The van der Waals surface area contributed by atoms with E-state index in [-0.39, 0.29) is 11.9 Å². The highest BCUT2D eigenvalue weighted by Crippen LogP contribution is 2.24. The van der Waals surface area contributed by atoms with Crippen LogP contribution in [0.5, 0.6) is 0 Å². The van der Waals surface area contributed by atoms with E-state index in [2.05, 4.69) is 5.32 Å². The average Bonchev–Trinajstić information content (AvgIpc) is 3.02. The number of nitrogens with zero attached hydrogens (tertiary/aromatic N) is 1. The van der Waals surface area contributed by atoms with E-state index in [4.69, 9.17) is 4.42 Å². The Bertz CT molecular complexity index is 593. The number of furan rings is 1. The summed E-state index contributed by atoms with van der Waals surface area (Å²) in [5, 5.41) is 12.8. The molecule has 1 saturated heterocycles. The topological polar surface area (TPSA) is 48.6 Å². The minimum absolute atomic E-state index is 0.200. The van der Waals surface area contributed by atoms with Crippen molar-refractivity contribution in [3.63, 3.8) is 0 Å². The van der Waals surface area contributed by atoms with E-state index in [9.17, 15) is 9.50 Å². The predicted molar refractivity (Wildman–Crippen MR) is 83.1 cm³/mol. The van der Waals surface area contributed by atoms with Gasteiger partial charge in [-0.1, -0.05) is 6.07 Å². The molecule has 1 aromatic heterocycles. The van der Waals surface area contributed by atoms with E-state index in [1.165, 1.54) is 0 Å². The fourth-order valence-corrected chi connectivity index (χ4v) is 2.77. The fraction of sp³-hybridized carbons (Fsp3) is 0.412. The van der Waals surface area contributed by atoms with Gasteiger partial charge in [0.15, 0.2) is 0 Å². The number of aliphatic hydroxyl groups is 1. The van der Waals surface area contributed by atoms with Gasteiger partial charge in [0.1, 0.15) is 11.6 Å². The third-order valence-corrected chi connectivity index (χ3v) is 4.03. The average molecular weight is 304 g/mol. The minimum atomic E-state index is -0.246. The second kappa shape index (κ2) is 6.94. The third kappa shape index (κ3) is 3.67. The first-order valence-electron chi connectivity index (χ1n) is 7.67. The van der Waals surface area contributed by atoms with Crippen LogP contribution in [0.25, 0.3) is 0 Å². The summed E-state index contributed by atoms with van der Waals surface area (Å²) in [5.41, 5.74) is 1.53. The normalized spacial score (nSPS) is 16.2. The molecule has 1 fully saturated rings. The molecule has 0 saturated carbocycles. The molecule has 2 heterocycles. The maximum absolute atomic E-state index is 14.3. The summed E-state index contributed by atoms with van der Waals surface area (Å²) in [5.74, 6) is 0.664. The maximum Gasteiger partial charge on any atom is 0.146 e. The molecule has 3 rings (SSSR count). The first-order chi connectivity index (χ1) is 10.7. The predicted octanol–water partition coefficient (Wildman–Crippen LogP) is 2.67. The fourth-order valence-electron chi connectivity index (χ4n) is 2.77. The van der Waals surface area contributed by atoms with Crippen molar-refractivity contribution in [1.82, 2.24) is 5.32 Å². The first-order valence-corrected chi connectivity index (χ1v) is 7.67. The van der Waals surface area contributed by atoms with E-state index in [1.807, 2.05) is 29.2 Å². The maximum atomic E-state index is 14.3. The zero-order valence-corrected chi connectivity index (χ0v) is 12.5. The Balaban J connectivity index is 1.57. The van der Waals surface area contributed by atoms with Crippen LogP contribution in [0.3, 0.4) is 0 Å². The molecule has 1 aromatic carbocycles. The van der Waals surface area contributed by atoms with Gasteiger partial charge in [0.2, 0.25) is 0 Å². The number of anilines is 1. The molecule has 0 amide bonds. The number of rotatable bonds is 5. The highest BCUT2D eigenvalue weighted by molar-refractivity contribution is 5.49. The zero-order valence-electron chi connectivity index (χ0n) is 12.5. The first kappa shape index (κ1) is 15.1. The Kier molecular flexibility index (Phi) is 4.75. The number of nitrogens with one attached hydrogen (secondary N) is 1. The second-order valence-corrected chi connectivity index (χ2v) is 5.69. The van der Waals surface area contributed by atoms with Crippen LogP contribution in [0.4, 0.5) is 10.1 Å². The van der Waals surface area contributed by atoms with Crippen LogP contribution in [-0.4, -0.2) is 24.3 Å². The molecule has 22 heavy (non-hydrogen) atoms. The molecule has 0 bridgehead atoms. The Morgan fingerprint density at radius 1 is 1.23 bits per heavy atom. The van der Waals surface area contributed by atoms with Crippen molar-refractivity contribution in [2.45, 2.75) is 32.0 Å². The molecule has 2 aromatic rings. The lowest BCUT2D eigenvalue weighted by Gasteiger charge is -2.31. The number of halogens is 1. The number of hydrogen-bond donors (Lipinski definition) is 2. The third-order valence-electron chi connectivity index (χ3n) is 4.03. The van der Waals surface area contributed by atoms with Gasteiger partial charge in [-0.2, -0.15) is 0 Å². The van der Waals surface area contributed by atoms with Gasteiger partial charge in [0.05, 0.1) is 24.6 Å². The van der Waals surface area contributed by atoms with E-state index in [0.717, 1.165) is 11.3 Å². The molecular formula is C17H21FN2O2. The molecule has 0 spiro atoms. The van der Waals surface area contributed by atoms with Crippen molar-refractivity contribution in [3.05, 3.63) is 53.7 Å². The summed E-state index contributed by atoms with van der Waals surface area (Å²) < 4.78 is 19.5. The molecule has 0 radical (unpaired) electrons. The molecule has 1 aliphatic rings. The van der Waals surface area contributed by atoms with E-state index in [0.29, 0.717) is 44.7 Å². The largest absolute Gasteiger partial charge is 0.468 e. The Hall–Kier alpha value is -1.85. The van der Waals surface area contributed by atoms with Gasteiger partial charge in [-0.05, 0) is 42.7 Å². The molecule has 118 valence electrons. The Labute approximate surface area is 129 Å². The Morgan fingerprint density at radius 2 is 2.05 bits per heavy atom. The van der Waals surface area contributed by atoms with E-state index >= 15 is 0 Å². The van der Waals surface area contributed by atoms with Gasteiger partial charge in [0, 0.05) is 19.6 Å². The van der Waals surface area contributed by atoms with E-state index < -0.39 is 0 Å². The number of piperidine rings is 1. The molecule has 1 aliphatic heterocycles. The lowest BCUT2D eigenvalue weighted by molar-refractivity contribution is 0.145. The zero-order chi connectivity index (χ0) is 15.4. The number of hydrogen-bond acceptors (Lipinski definition) is 4. The number of benzene rings is 1. The van der Waals surface area contributed by atoms with Crippen LogP contribution in [0.15, 0.2) is 41.0 Å². The van der Waals surface area contributed by atoms with E-state index in [1.54, 1.807) is 12.3 Å². The minimum Gasteiger partial charge on any atom is -0.468 e. The second-order valence-electron chi connectivity index (χ2n) is 5.69. The van der Waals surface area contributed by atoms with Crippen LogP contribution in [0.1, 0.15) is 24.2 Å². The standard InChI is InChI=1S/C17H21FN2O2/c18-16-10-13(11-19-12-15-2-1-9-22-15)3-4-17(16)20-7-5-14(21)6-8-20/h1-4,9-10,14,19,21H,5-8,11-12H2. The quantitative estimate of drug-likeness (QED) is 0.891. The van der Waals surface area contributed by atoms with Crippen molar-refractivity contribution in [2.24, 2.45) is 0 Å². The summed E-state index contributed by atoms with van der Waals surface area (Å²) in [7, 11) is 0. The lowest BCUT2D eigenvalue weighted by atomic mass is 10.1. The highest BCUT2D eigenvalue weighted by Gasteiger charge is 2.19. The monoisotopic (exact) mass is 304 g/mol. The molecule has 2 N–H and O–H groups in total. The van der Waals surface area contributed by atoms with Crippen molar-refractivity contribution >= 4 is 5.69 Å². The van der Waals surface area contributed by atoms with Crippen molar-refractivity contribution in [2.75, 3.05) is 18.0 Å². The van der Waals surface area contributed by atoms with Crippen LogP contribution < -0.4 is 10.2 Å². The molecule has 4 nitrogen and oxygen atoms in total.